The van der Waals surface area contributed by atoms with Crippen molar-refractivity contribution < 1.29 is 43.1 Å². The highest BCUT2D eigenvalue weighted by molar-refractivity contribution is 5.96. The van der Waals surface area contributed by atoms with Gasteiger partial charge in [-0.3, -0.25) is 9.80 Å². The standard InChI is InChI=1S/C46H60N4O9/c1-9-26-22-49-18-16-28-39-36(56-5)15-14-33(42(39)47-41(28)35(49)20-29(26)31(24-54-3)43(52)58-7)45-17-19-50-23-27(10-2)30(32(25-55-4)44(53)59-8)21-38(51)46(45,50)48-34-12-11-13-37(57-6)40(34)45/h11-15,24-27,29-30,35,38,47-48,51H,9-10,16-23H2,1-8H3/b31-24+,32-25+/t26-,27-,29+,30+,35+,38?,45-,46+/m1/s1. The third-order valence-electron chi connectivity index (χ3n) is 14.7. The van der Waals surface area contributed by atoms with Gasteiger partial charge in [-0.05, 0) is 72.8 Å². The molecule has 318 valence electrons. The molecule has 0 amide bonds. The van der Waals surface area contributed by atoms with Gasteiger partial charge in [-0.25, -0.2) is 9.59 Å². The van der Waals surface area contributed by atoms with E-state index in [0.717, 1.165) is 83.7 Å². The Morgan fingerprint density at radius 2 is 1.51 bits per heavy atom. The Bertz CT molecular complexity index is 2160. The summed E-state index contributed by atoms with van der Waals surface area (Å²) in [6.07, 6.45) is 6.38. The molecule has 13 heteroatoms. The van der Waals surface area contributed by atoms with Crippen molar-refractivity contribution in [3.05, 3.63) is 76.4 Å². The molecular weight excluding hydrogens is 753 g/mol. The zero-order chi connectivity index (χ0) is 41.8. The molecule has 6 heterocycles. The number of anilines is 1. The lowest BCUT2D eigenvalue weighted by atomic mass is 9.64. The lowest BCUT2D eigenvalue weighted by Gasteiger charge is -2.48. The van der Waals surface area contributed by atoms with Crippen LogP contribution in [0.5, 0.6) is 11.5 Å². The van der Waals surface area contributed by atoms with Gasteiger partial charge in [0.2, 0.25) is 0 Å². The van der Waals surface area contributed by atoms with E-state index in [1.54, 1.807) is 27.6 Å². The van der Waals surface area contributed by atoms with Crippen LogP contribution in [0.4, 0.5) is 5.69 Å². The number of ether oxygens (including phenoxy) is 6. The van der Waals surface area contributed by atoms with Crippen LogP contribution < -0.4 is 14.8 Å². The fraction of sp³-hybridized carbons (Fsp3) is 0.565. The van der Waals surface area contributed by atoms with Crippen LogP contribution in [-0.4, -0.2) is 112 Å². The van der Waals surface area contributed by atoms with Gasteiger partial charge in [0.25, 0.3) is 0 Å². The summed E-state index contributed by atoms with van der Waals surface area (Å²) >= 11 is 0. The van der Waals surface area contributed by atoms with Gasteiger partial charge in [-0.2, -0.15) is 0 Å². The van der Waals surface area contributed by atoms with Crippen LogP contribution >= 0.6 is 0 Å². The second kappa shape index (κ2) is 16.0. The molecule has 3 fully saturated rings. The second-order valence-electron chi connectivity index (χ2n) is 16.9. The van der Waals surface area contributed by atoms with E-state index in [2.05, 4.69) is 52.1 Å². The van der Waals surface area contributed by atoms with Crippen LogP contribution in [0.25, 0.3) is 10.9 Å². The second-order valence-corrected chi connectivity index (χ2v) is 16.9. The van der Waals surface area contributed by atoms with Gasteiger partial charge in [0.1, 0.15) is 17.2 Å². The largest absolute Gasteiger partial charge is 0.504 e. The quantitative estimate of drug-likeness (QED) is 0.118. The normalized spacial score (nSPS) is 30.5. The monoisotopic (exact) mass is 812 g/mol. The molecule has 1 aromatic heterocycles. The van der Waals surface area contributed by atoms with E-state index in [9.17, 15) is 14.7 Å². The summed E-state index contributed by atoms with van der Waals surface area (Å²) in [4.78, 5) is 35.6. The number of methoxy groups -OCH3 is 6. The van der Waals surface area contributed by atoms with Gasteiger partial charge < -0.3 is 43.8 Å². The van der Waals surface area contributed by atoms with Crippen LogP contribution in [0, 0.1) is 23.7 Å². The predicted molar refractivity (Wildman–Crippen MR) is 223 cm³/mol. The topological polar surface area (TPSA) is 144 Å². The summed E-state index contributed by atoms with van der Waals surface area (Å²) in [5.41, 5.74) is 5.46. The maximum Gasteiger partial charge on any atom is 0.337 e. The molecule has 8 atom stereocenters. The zero-order valence-electron chi connectivity index (χ0n) is 35.7. The number of hydrogen-bond acceptors (Lipinski definition) is 12. The Kier molecular flexibility index (Phi) is 11.2. The van der Waals surface area contributed by atoms with Gasteiger partial charge >= 0.3 is 11.9 Å². The van der Waals surface area contributed by atoms with Crippen molar-refractivity contribution in [2.45, 2.75) is 75.6 Å². The highest BCUT2D eigenvalue weighted by atomic mass is 16.5. The van der Waals surface area contributed by atoms with Gasteiger partial charge in [0, 0.05) is 54.4 Å². The SMILES string of the molecule is CC[C@@H]1CN2CC[C@@]3(c4ccc(OC)c5c6c([nH]c45)[C@@H]4C[C@H](/C(=C\OC)C(=O)OC)[C@H](CC)CN4CC6)c4c(cccc4OC)N[C@@]23C(O)C[C@@H]1/C(=C\OC)C(=O)OC. The summed E-state index contributed by atoms with van der Waals surface area (Å²) in [5, 5.41) is 18.1. The number of rotatable bonds is 11. The summed E-state index contributed by atoms with van der Waals surface area (Å²) < 4.78 is 33.9. The summed E-state index contributed by atoms with van der Waals surface area (Å²) in [5.74, 6) is 0.627. The Hall–Kier alpha value is -4.72. The molecule has 0 bridgehead atoms. The first-order chi connectivity index (χ1) is 28.6. The number of benzene rings is 2. The molecule has 13 nitrogen and oxygen atoms in total. The van der Waals surface area contributed by atoms with Crippen LogP contribution in [0.3, 0.4) is 0 Å². The first-order valence-corrected chi connectivity index (χ1v) is 21.1. The van der Waals surface area contributed by atoms with Crippen molar-refractivity contribution in [1.82, 2.24) is 14.8 Å². The number of H-pyrrole nitrogens is 1. The number of aromatic nitrogens is 1. The summed E-state index contributed by atoms with van der Waals surface area (Å²) in [7, 11) is 9.36. The highest BCUT2D eigenvalue weighted by Gasteiger charge is 2.71. The van der Waals surface area contributed by atoms with E-state index in [-0.39, 0.29) is 35.7 Å². The number of carbonyl (C=O) groups is 2. The van der Waals surface area contributed by atoms with Crippen LogP contribution in [0.2, 0.25) is 0 Å². The van der Waals surface area contributed by atoms with Gasteiger partial charge in [0.05, 0.1) is 89.4 Å². The average molecular weight is 813 g/mol. The number of fused-ring (bicyclic) bond motifs is 7. The molecule has 3 N–H and O–H groups in total. The number of aliphatic hydroxyl groups is 1. The van der Waals surface area contributed by atoms with Gasteiger partial charge in [-0.1, -0.05) is 38.8 Å². The molecule has 0 radical (unpaired) electrons. The molecular formula is C46H60N4O9. The fourth-order valence-electron chi connectivity index (χ4n) is 12.2. The third kappa shape index (κ3) is 5.96. The van der Waals surface area contributed by atoms with E-state index in [1.807, 2.05) is 12.1 Å². The summed E-state index contributed by atoms with van der Waals surface area (Å²) in [6.45, 7) is 7.38. The van der Waals surface area contributed by atoms with Crippen molar-refractivity contribution >= 4 is 28.5 Å². The molecule has 0 saturated carbocycles. The first-order valence-electron chi connectivity index (χ1n) is 21.1. The third-order valence-corrected chi connectivity index (χ3v) is 14.7. The average Bonchev–Trinajstić information content (AvgIpc) is 3.89. The minimum atomic E-state index is -1.01. The van der Waals surface area contributed by atoms with E-state index < -0.39 is 23.2 Å². The Labute approximate surface area is 347 Å². The molecule has 2 aromatic carbocycles. The van der Waals surface area contributed by atoms with Gasteiger partial charge in [-0.15, -0.1) is 0 Å². The minimum absolute atomic E-state index is 0.00957. The van der Waals surface area contributed by atoms with Crippen molar-refractivity contribution in [3.63, 3.8) is 0 Å². The maximum absolute atomic E-state index is 13.3. The number of hydrogen-bond donors (Lipinski definition) is 3. The highest BCUT2D eigenvalue weighted by Crippen LogP contribution is 2.65. The first kappa shape index (κ1) is 41.0. The molecule has 1 spiro atoms. The van der Waals surface area contributed by atoms with E-state index in [0.29, 0.717) is 37.1 Å². The molecule has 0 aliphatic carbocycles. The molecule has 59 heavy (non-hydrogen) atoms. The van der Waals surface area contributed by atoms with E-state index >= 15 is 0 Å². The summed E-state index contributed by atoms with van der Waals surface area (Å²) in [6, 6.07) is 10.4. The molecule has 5 aliphatic rings. The number of nitrogens with one attached hydrogen (secondary N) is 2. The molecule has 3 saturated heterocycles. The zero-order valence-corrected chi connectivity index (χ0v) is 35.7. The van der Waals surface area contributed by atoms with Crippen molar-refractivity contribution in [2.75, 3.05) is 74.2 Å². The lowest BCUT2D eigenvalue weighted by molar-refractivity contribution is -0.138. The van der Waals surface area contributed by atoms with Gasteiger partial charge in [0.15, 0.2) is 0 Å². The number of aliphatic hydroxyl groups excluding tert-OH is 1. The maximum atomic E-state index is 13.3. The van der Waals surface area contributed by atoms with Crippen molar-refractivity contribution in [3.8, 4) is 11.5 Å². The molecule has 5 aliphatic heterocycles. The predicted octanol–water partition coefficient (Wildman–Crippen LogP) is 6.06. The number of esters is 2. The molecule has 8 rings (SSSR count). The Balaban J connectivity index is 1.34. The Morgan fingerprint density at radius 3 is 2.14 bits per heavy atom. The van der Waals surface area contributed by atoms with E-state index in [4.69, 9.17) is 28.4 Å². The minimum Gasteiger partial charge on any atom is -0.504 e. The number of nitrogens with zero attached hydrogens (tertiary/aromatic N) is 2. The number of aromatic amines is 1. The smallest absolute Gasteiger partial charge is 0.337 e. The van der Waals surface area contributed by atoms with Crippen LogP contribution in [0.15, 0.2) is 54.0 Å². The molecule has 1 unspecified atom stereocenters. The van der Waals surface area contributed by atoms with Crippen molar-refractivity contribution in [1.29, 1.82) is 0 Å². The van der Waals surface area contributed by atoms with E-state index in [1.165, 1.54) is 33.2 Å². The number of carbonyl (C=O) groups excluding carboxylic acids is 2. The van der Waals surface area contributed by atoms with Crippen LogP contribution in [0.1, 0.15) is 74.4 Å². The van der Waals surface area contributed by atoms with Crippen molar-refractivity contribution in [2.24, 2.45) is 23.7 Å². The molecule has 3 aromatic rings. The lowest BCUT2D eigenvalue weighted by Crippen LogP contribution is -2.65. The Morgan fingerprint density at radius 1 is 0.847 bits per heavy atom. The van der Waals surface area contributed by atoms with Crippen LogP contribution in [-0.2, 0) is 40.4 Å². The number of piperidine rings is 1. The fourth-order valence-corrected chi connectivity index (χ4v) is 12.2.